The van der Waals surface area contributed by atoms with Crippen molar-refractivity contribution in [2.45, 2.75) is 32.0 Å². The highest BCUT2D eigenvalue weighted by Crippen LogP contribution is 2.19. The second-order valence-corrected chi connectivity index (χ2v) is 2.79. The Morgan fingerprint density at radius 1 is 1.55 bits per heavy atom. The molecule has 0 aliphatic heterocycles. The lowest BCUT2D eigenvalue weighted by molar-refractivity contribution is 0.0336. The summed E-state index contributed by atoms with van der Waals surface area (Å²) >= 11 is 0. The van der Waals surface area contributed by atoms with E-state index in [-0.39, 0.29) is 0 Å². The van der Waals surface area contributed by atoms with Crippen molar-refractivity contribution in [3.05, 3.63) is 23.8 Å². The molecule has 0 spiro atoms. The number of rotatable bonds is 1. The van der Waals surface area contributed by atoms with Crippen molar-refractivity contribution >= 4 is 0 Å². The summed E-state index contributed by atoms with van der Waals surface area (Å²) < 4.78 is 0. The molecule has 0 aromatic heterocycles. The Labute approximate surface area is 66.9 Å². The van der Waals surface area contributed by atoms with Crippen molar-refractivity contribution in [3.8, 4) is 0 Å². The van der Waals surface area contributed by atoms with Crippen LogP contribution < -0.4 is 0 Å². The molecule has 1 rings (SSSR count). The molecule has 0 fully saturated rings. The maximum Gasteiger partial charge on any atom is 0.105 e. The van der Waals surface area contributed by atoms with E-state index in [1.165, 1.54) is 0 Å². The highest BCUT2D eigenvalue weighted by Gasteiger charge is 2.21. The Bertz CT molecular complexity index is 182. The Morgan fingerprint density at radius 3 is 2.91 bits per heavy atom. The molecule has 0 unspecified atom stereocenters. The first-order valence-corrected chi connectivity index (χ1v) is 3.94. The topological polar surface area (TPSA) is 40.5 Å². The van der Waals surface area contributed by atoms with E-state index in [0.717, 1.165) is 12.0 Å². The molecule has 0 saturated carbocycles. The van der Waals surface area contributed by atoms with Gasteiger partial charge in [-0.25, -0.2) is 0 Å². The number of aliphatic hydroxyl groups is 2. The van der Waals surface area contributed by atoms with Crippen LogP contribution >= 0.6 is 0 Å². The summed E-state index contributed by atoms with van der Waals surface area (Å²) in [5.41, 5.74) is 0.839. The molecule has 0 aromatic rings. The zero-order chi connectivity index (χ0) is 8.27. The summed E-state index contributed by atoms with van der Waals surface area (Å²) in [4.78, 5) is 0. The molecule has 0 saturated heterocycles. The molecular weight excluding hydrogens is 140 g/mol. The van der Waals surface area contributed by atoms with E-state index in [2.05, 4.69) is 0 Å². The van der Waals surface area contributed by atoms with Crippen LogP contribution in [-0.2, 0) is 0 Å². The number of hydrogen-bond acceptors (Lipinski definition) is 2. The third-order valence-electron chi connectivity index (χ3n) is 1.91. The van der Waals surface area contributed by atoms with Crippen molar-refractivity contribution in [3.63, 3.8) is 0 Å². The maximum absolute atomic E-state index is 9.40. The quantitative estimate of drug-likeness (QED) is 0.591. The van der Waals surface area contributed by atoms with E-state index in [1.807, 2.05) is 25.2 Å². The normalized spacial score (nSPS) is 32.5. The second kappa shape index (κ2) is 3.69. The summed E-state index contributed by atoms with van der Waals surface area (Å²) in [5, 5.41) is 18.6. The fourth-order valence-corrected chi connectivity index (χ4v) is 1.28. The van der Waals surface area contributed by atoms with Gasteiger partial charge in [0, 0.05) is 0 Å². The molecule has 1 aliphatic carbocycles. The predicted octanol–water partition coefficient (Wildman–Crippen LogP) is 1.00. The van der Waals surface area contributed by atoms with Gasteiger partial charge in [0.1, 0.15) is 6.10 Å². The lowest BCUT2D eigenvalue weighted by Gasteiger charge is -2.22. The average Bonchev–Trinajstić information content (AvgIpc) is 1.99. The molecule has 2 heteroatoms. The Kier molecular flexibility index (Phi) is 2.85. The molecule has 62 valence electrons. The third-order valence-corrected chi connectivity index (χ3v) is 1.91. The maximum atomic E-state index is 9.40. The van der Waals surface area contributed by atoms with Crippen LogP contribution in [0.25, 0.3) is 0 Å². The Balaban J connectivity index is 2.69. The standard InChI is InChI=1S/C9H14O2/c1-2-4-7-5-3-6-8(10)9(7)11/h2,4-5,8-11H,3,6H2,1H3/b4-2+/t8-,9+/m0/s1. The predicted molar refractivity (Wildman–Crippen MR) is 44.1 cm³/mol. The minimum atomic E-state index is -0.681. The summed E-state index contributed by atoms with van der Waals surface area (Å²) in [6.45, 7) is 1.90. The van der Waals surface area contributed by atoms with Crippen molar-refractivity contribution in [2.75, 3.05) is 0 Å². The van der Waals surface area contributed by atoms with Crippen LogP contribution in [0.1, 0.15) is 19.8 Å². The van der Waals surface area contributed by atoms with Gasteiger partial charge in [-0.1, -0.05) is 18.2 Å². The number of allylic oxidation sites excluding steroid dienone is 2. The minimum Gasteiger partial charge on any atom is -0.390 e. The van der Waals surface area contributed by atoms with Crippen LogP contribution in [0.2, 0.25) is 0 Å². The van der Waals surface area contributed by atoms with Gasteiger partial charge in [-0.15, -0.1) is 0 Å². The highest BCUT2D eigenvalue weighted by atomic mass is 16.3. The van der Waals surface area contributed by atoms with Crippen LogP contribution in [0.3, 0.4) is 0 Å². The van der Waals surface area contributed by atoms with Crippen LogP contribution in [-0.4, -0.2) is 22.4 Å². The van der Waals surface area contributed by atoms with E-state index in [4.69, 9.17) is 0 Å². The van der Waals surface area contributed by atoms with E-state index >= 15 is 0 Å². The van der Waals surface area contributed by atoms with Crippen LogP contribution in [0.15, 0.2) is 23.8 Å². The van der Waals surface area contributed by atoms with E-state index < -0.39 is 12.2 Å². The van der Waals surface area contributed by atoms with Gasteiger partial charge in [-0.2, -0.15) is 0 Å². The monoisotopic (exact) mass is 154 g/mol. The van der Waals surface area contributed by atoms with Gasteiger partial charge in [-0.3, -0.25) is 0 Å². The lowest BCUT2D eigenvalue weighted by atomic mass is 9.94. The minimum absolute atomic E-state index is 0.578. The van der Waals surface area contributed by atoms with E-state index in [1.54, 1.807) is 0 Å². The van der Waals surface area contributed by atoms with Gasteiger partial charge in [0.05, 0.1) is 6.10 Å². The summed E-state index contributed by atoms with van der Waals surface area (Å²) in [5.74, 6) is 0. The van der Waals surface area contributed by atoms with Crippen LogP contribution in [0, 0.1) is 0 Å². The second-order valence-electron chi connectivity index (χ2n) is 2.79. The first kappa shape index (κ1) is 8.50. The first-order chi connectivity index (χ1) is 5.25. The van der Waals surface area contributed by atoms with Gasteiger partial charge in [0.2, 0.25) is 0 Å². The SMILES string of the molecule is C/C=C/C1=CCC[C@H](O)[C@@H]1O. The van der Waals surface area contributed by atoms with Gasteiger partial charge in [0.15, 0.2) is 0 Å². The molecule has 2 N–H and O–H groups in total. The van der Waals surface area contributed by atoms with Gasteiger partial charge in [-0.05, 0) is 25.3 Å². The van der Waals surface area contributed by atoms with E-state index in [0.29, 0.717) is 6.42 Å². The molecule has 0 bridgehead atoms. The Morgan fingerprint density at radius 2 is 2.27 bits per heavy atom. The average molecular weight is 154 g/mol. The van der Waals surface area contributed by atoms with Crippen molar-refractivity contribution in [1.82, 2.24) is 0 Å². The molecule has 0 radical (unpaired) electrons. The molecule has 0 aromatic carbocycles. The molecule has 0 amide bonds. The number of hydrogen-bond donors (Lipinski definition) is 2. The zero-order valence-corrected chi connectivity index (χ0v) is 6.70. The van der Waals surface area contributed by atoms with Gasteiger partial charge >= 0.3 is 0 Å². The van der Waals surface area contributed by atoms with Crippen molar-refractivity contribution in [1.29, 1.82) is 0 Å². The fourth-order valence-electron chi connectivity index (χ4n) is 1.28. The Hall–Kier alpha value is -0.600. The van der Waals surface area contributed by atoms with E-state index in [9.17, 15) is 10.2 Å². The fraction of sp³-hybridized carbons (Fsp3) is 0.556. The molecule has 2 atom stereocenters. The van der Waals surface area contributed by atoms with Crippen LogP contribution in [0.5, 0.6) is 0 Å². The van der Waals surface area contributed by atoms with Crippen molar-refractivity contribution < 1.29 is 10.2 Å². The van der Waals surface area contributed by atoms with Crippen LogP contribution in [0.4, 0.5) is 0 Å². The molecule has 1 aliphatic rings. The highest BCUT2D eigenvalue weighted by molar-refractivity contribution is 5.25. The summed E-state index contributed by atoms with van der Waals surface area (Å²) in [6, 6.07) is 0. The molecule has 11 heavy (non-hydrogen) atoms. The van der Waals surface area contributed by atoms with Gasteiger partial charge < -0.3 is 10.2 Å². The molecular formula is C9H14O2. The zero-order valence-electron chi connectivity index (χ0n) is 6.70. The summed E-state index contributed by atoms with van der Waals surface area (Å²) in [7, 11) is 0. The molecule has 2 nitrogen and oxygen atoms in total. The summed E-state index contributed by atoms with van der Waals surface area (Å²) in [6.07, 6.45) is 5.95. The largest absolute Gasteiger partial charge is 0.390 e. The first-order valence-electron chi connectivity index (χ1n) is 3.94. The smallest absolute Gasteiger partial charge is 0.105 e. The third kappa shape index (κ3) is 1.91. The molecule has 0 heterocycles. The lowest BCUT2D eigenvalue weighted by Crippen LogP contribution is -2.29. The number of aliphatic hydroxyl groups excluding tert-OH is 2. The van der Waals surface area contributed by atoms with Gasteiger partial charge in [0.25, 0.3) is 0 Å². The van der Waals surface area contributed by atoms with Crippen molar-refractivity contribution in [2.24, 2.45) is 0 Å².